The average Bonchev–Trinajstić information content (AvgIpc) is 3.62. The predicted molar refractivity (Wildman–Crippen MR) is 199 cm³/mol. The fourth-order valence-corrected chi connectivity index (χ4v) is 6.55. The van der Waals surface area contributed by atoms with Crippen LogP contribution in [0.2, 0.25) is 0 Å². The van der Waals surface area contributed by atoms with E-state index in [1.165, 1.54) is 21.9 Å². The predicted octanol–water partition coefficient (Wildman–Crippen LogP) is 10.7. The van der Waals surface area contributed by atoms with Crippen LogP contribution in [0.1, 0.15) is 0 Å². The zero-order valence-corrected chi connectivity index (χ0v) is 26.5. The molecular formula is C44H29N5. The Hall–Kier alpha value is -6.72. The van der Waals surface area contributed by atoms with Crippen LogP contribution in [0.5, 0.6) is 0 Å². The van der Waals surface area contributed by atoms with E-state index in [9.17, 15) is 0 Å². The first-order valence-corrected chi connectivity index (χ1v) is 16.3. The summed E-state index contributed by atoms with van der Waals surface area (Å²) in [4.78, 5) is 10.1. The second-order valence-electron chi connectivity index (χ2n) is 12.0. The van der Waals surface area contributed by atoms with Crippen LogP contribution in [0, 0.1) is 0 Å². The molecule has 0 aliphatic rings. The van der Waals surface area contributed by atoms with E-state index in [4.69, 9.17) is 9.97 Å². The molecule has 5 nitrogen and oxygen atoms in total. The van der Waals surface area contributed by atoms with Gasteiger partial charge in [-0.25, -0.2) is 14.6 Å². The summed E-state index contributed by atoms with van der Waals surface area (Å²) in [5, 5.41) is 11.1. The van der Waals surface area contributed by atoms with Gasteiger partial charge in [0.2, 0.25) is 0 Å². The van der Waals surface area contributed by atoms with E-state index in [1.54, 1.807) is 0 Å². The van der Waals surface area contributed by atoms with Crippen molar-refractivity contribution in [2.75, 3.05) is 0 Å². The van der Waals surface area contributed by atoms with Gasteiger partial charge in [0.1, 0.15) is 5.52 Å². The minimum absolute atomic E-state index is 0.700. The third-order valence-electron chi connectivity index (χ3n) is 9.00. The largest absolute Gasteiger partial charge is 0.228 e. The molecule has 0 unspecified atom stereocenters. The van der Waals surface area contributed by atoms with Gasteiger partial charge in [-0.1, -0.05) is 151 Å². The molecule has 0 bridgehead atoms. The zero-order chi connectivity index (χ0) is 32.6. The van der Waals surface area contributed by atoms with Crippen LogP contribution in [-0.4, -0.2) is 25.0 Å². The maximum Gasteiger partial charge on any atom is 0.160 e. The number of hydrogen-bond donors (Lipinski definition) is 0. The topological polar surface area (TPSA) is 56.5 Å². The Morgan fingerprint density at radius 1 is 0.408 bits per heavy atom. The monoisotopic (exact) mass is 627 g/mol. The van der Waals surface area contributed by atoms with Crippen molar-refractivity contribution in [2.24, 2.45) is 0 Å². The van der Waals surface area contributed by atoms with E-state index in [-0.39, 0.29) is 0 Å². The lowest BCUT2D eigenvalue weighted by molar-refractivity contribution is 0.824. The molecule has 0 spiro atoms. The van der Waals surface area contributed by atoms with Gasteiger partial charge in [0.05, 0.1) is 22.6 Å². The van der Waals surface area contributed by atoms with Gasteiger partial charge >= 0.3 is 0 Å². The number of hydrogen-bond acceptors (Lipinski definition) is 4. The fourth-order valence-electron chi connectivity index (χ4n) is 6.55. The number of benzene rings is 7. The molecule has 49 heavy (non-hydrogen) atoms. The zero-order valence-electron chi connectivity index (χ0n) is 26.5. The van der Waals surface area contributed by atoms with Crippen molar-refractivity contribution >= 4 is 21.8 Å². The van der Waals surface area contributed by atoms with Crippen LogP contribution in [-0.2, 0) is 0 Å². The van der Waals surface area contributed by atoms with Gasteiger partial charge in [-0.2, -0.15) is 0 Å². The number of para-hydroxylation sites is 1. The minimum Gasteiger partial charge on any atom is -0.228 e. The Morgan fingerprint density at radius 3 is 1.55 bits per heavy atom. The lowest BCUT2D eigenvalue weighted by atomic mass is 9.91. The van der Waals surface area contributed by atoms with Crippen molar-refractivity contribution in [3.05, 3.63) is 176 Å². The Balaban J connectivity index is 1.10. The second kappa shape index (κ2) is 12.1. The first-order chi connectivity index (χ1) is 24.3. The first-order valence-electron chi connectivity index (χ1n) is 16.3. The van der Waals surface area contributed by atoms with Gasteiger partial charge in [-0.05, 0) is 63.4 Å². The van der Waals surface area contributed by atoms with E-state index in [0.29, 0.717) is 5.82 Å². The number of rotatable bonds is 6. The van der Waals surface area contributed by atoms with Crippen molar-refractivity contribution in [3.8, 4) is 61.8 Å². The molecule has 0 aliphatic carbocycles. The lowest BCUT2D eigenvalue weighted by Gasteiger charge is -2.14. The van der Waals surface area contributed by atoms with Crippen molar-refractivity contribution in [1.82, 2.24) is 25.0 Å². The van der Waals surface area contributed by atoms with E-state index < -0.39 is 0 Å². The molecule has 0 amide bonds. The van der Waals surface area contributed by atoms with Gasteiger partial charge in [0.25, 0.3) is 0 Å². The van der Waals surface area contributed by atoms with Crippen LogP contribution in [0.15, 0.2) is 176 Å². The maximum atomic E-state index is 5.03. The molecular weight excluding hydrogens is 599 g/mol. The quantitative estimate of drug-likeness (QED) is 0.184. The minimum atomic E-state index is 0.700. The highest BCUT2D eigenvalue weighted by Gasteiger charge is 2.14. The van der Waals surface area contributed by atoms with Crippen molar-refractivity contribution < 1.29 is 0 Å². The summed E-state index contributed by atoms with van der Waals surface area (Å²) in [6.45, 7) is 0. The lowest BCUT2D eigenvalue weighted by Crippen LogP contribution is -1.96. The fraction of sp³-hybridized carbons (Fsp3) is 0. The molecule has 0 saturated heterocycles. The van der Waals surface area contributed by atoms with Crippen LogP contribution in [0.3, 0.4) is 0 Å². The second-order valence-corrected chi connectivity index (χ2v) is 12.0. The molecule has 2 heterocycles. The van der Waals surface area contributed by atoms with Crippen LogP contribution in [0.25, 0.3) is 83.6 Å². The highest BCUT2D eigenvalue weighted by molar-refractivity contribution is 6.06. The molecule has 0 aliphatic heterocycles. The van der Waals surface area contributed by atoms with E-state index in [2.05, 4.69) is 126 Å². The smallest absolute Gasteiger partial charge is 0.160 e. The van der Waals surface area contributed by atoms with E-state index in [0.717, 1.165) is 55.9 Å². The molecule has 230 valence electrons. The molecule has 0 N–H and O–H groups in total. The van der Waals surface area contributed by atoms with Gasteiger partial charge < -0.3 is 0 Å². The SMILES string of the molecule is c1ccc(-c2cc(-c3ccccc3)nc(-c3ccc(-c4cccc5cccc(-c6ccc(-n7nnc8ccccc87)cc6)c45)cc3)n2)cc1. The molecule has 0 radical (unpaired) electrons. The molecule has 2 aromatic heterocycles. The first kappa shape index (κ1) is 28.5. The summed E-state index contributed by atoms with van der Waals surface area (Å²) >= 11 is 0. The maximum absolute atomic E-state index is 5.03. The molecule has 9 aromatic rings. The Morgan fingerprint density at radius 2 is 0.939 bits per heavy atom. The van der Waals surface area contributed by atoms with Crippen LogP contribution in [0.4, 0.5) is 0 Å². The molecule has 0 saturated carbocycles. The molecule has 7 aromatic carbocycles. The Labute approximate surface area is 283 Å². The number of aromatic nitrogens is 5. The van der Waals surface area contributed by atoms with Crippen molar-refractivity contribution in [1.29, 1.82) is 0 Å². The summed E-state index contributed by atoms with van der Waals surface area (Å²) in [5.74, 6) is 0.700. The molecule has 9 rings (SSSR count). The van der Waals surface area contributed by atoms with Crippen molar-refractivity contribution in [3.63, 3.8) is 0 Å². The van der Waals surface area contributed by atoms with Crippen LogP contribution >= 0.6 is 0 Å². The average molecular weight is 628 g/mol. The standard InChI is InChI=1S/C44H29N5/c1-3-11-32(12-4-1)40-29-41(33-13-5-2-6-14-33)46-44(45-40)35-23-21-30(22-24-35)37-17-9-15-34-16-10-18-38(43(34)37)31-25-27-36(28-26-31)49-42-20-8-7-19-39(42)47-48-49/h1-29H. The summed E-state index contributed by atoms with van der Waals surface area (Å²) in [6.07, 6.45) is 0. The highest BCUT2D eigenvalue weighted by atomic mass is 15.4. The molecule has 0 atom stereocenters. The summed E-state index contributed by atoms with van der Waals surface area (Å²) in [7, 11) is 0. The normalized spacial score (nSPS) is 11.3. The van der Waals surface area contributed by atoms with Crippen LogP contribution < -0.4 is 0 Å². The van der Waals surface area contributed by atoms with Gasteiger partial charge in [-0.3, -0.25) is 0 Å². The molecule has 0 fully saturated rings. The summed E-state index contributed by atoms with van der Waals surface area (Å²) in [6, 6.07) is 60.9. The number of nitrogens with zero attached hydrogens (tertiary/aromatic N) is 5. The Bertz CT molecular complexity index is 2510. The van der Waals surface area contributed by atoms with E-state index >= 15 is 0 Å². The third kappa shape index (κ3) is 5.33. The van der Waals surface area contributed by atoms with E-state index in [1.807, 2.05) is 65.3 Å². The molecule has 5 heteroatoms. The third-order valence-corrected chi connectivity index (χ3v) is 9.00. The van der Waals surface area contributed by atoms with Gasteiger partial charge in [0, 0.05) is 16.7 Å². The number of fused-ring (bicyclic) bond motifs is 2. The van der Waals surface area contributed by atoms with Gasteiger partial charge in [-0.15, -0.1) is 5.10 Å². The Kier molecular flexibility index (Phi) is 7.06. The highest BCUT2D eigenvalue weighted by Crippen LogP contribution is 2.38. The van der Waals surface area contributed by atoms with Crippen molar-refractivity contribution in [2.45, 2.75) is 0 Å². The van der Waals surface area contributed by atoms with Gasteiger partial charge in [0.15, 0.2) is 5.82 Å². The summed E-state index contributed by atoms with van der Waals surface area (Å²) < 4.78 is 1.89. The summed E-state index contributed by atoms with van der Waals surface area (Å²) in [5.41, 5.74) is 12.4.